The Labute approximate surface area is 102 Å². The minimum absolute atomic E-state index is 0.0102. The monoisotopic (exact) mass is 257 g/mol. The first kappa shape index (κ1) is 13.3. The summed E-state index contributed by atoms with van der Waals surface area (Å²) in [7, 11) is 0. The molecule has 1 aromatic carbocycles. The maximum atomic E-state index is 10.7. The van der Waals surface area contributed by atoms with E-state index in [1.54, 1.807) is 0 Å². The van der Waals surface area contributed by atoms with Crippen LogP contribution >= 0.6 is 11.8 Å². The predicted octanol–water partition coefficient (Wildman–Crippen LogP) is 2.03. The van der Waals surface area contributed by atoms with Crippen LogP contribution in [0.2, 0.25) is 0 Å². The largest absolute Gasteiger partial charge is 0.486 e. The van der Waals surface area contributed by atoms with E-state index in [2.05, 4.69) is 0 Å². The molecule has 0 unspecified atom stereocenters. The molecule has 1 N–H and O–H groups in total. The van der Waals surface area contributed by atoms with Crippen molar-refractivity contribution in [1.29, 1.82) is 0 Å². The average molecular weight is 257 g/mol. The Kier molecular flexibility index (Phi) is 4.77. The maximum absolute atomic E-state index is 10.7. The van der Waals surface area contributed by atoms with Gasteiger partial charge < -0.3 is 9.84 Å². The van der Waals surface area contributed by atoms with E-state index in [-0.39, 0.29) is 17.0 Å². The summed E-state index contributed by atoms with van der Waals surface area (Å²) < 4.78 is 5.20. The lowest BCUT2D eigenvalue weighted by molar-refractivity contribution is -0.385. The van der Waals surface area contributed by atoms with Gasteiger partial charge in [-0.05, 0) is 12.3 Å². The Balaban J connectivity index is 2.98. The SMILES string of the molecule is CSCCOc1cc(C(=O)O)ccc1[N+](=O)[O-]. The molecule has 0 aromatic heterocycles. The van der Waals surface area contributed by atoms with Crippen molar-refractivity contribution in [2.24, 2.45) is 0 Å². The fourth-order valence-corrected chi connectivity index (χ4v) is 1.40. The molecular formula is C10H11NO5S. The first-order valence-corrected chi connectivity index (χ1v) is 6.09. The molecule has 17 heavy (non-hydrogen) atoms. The highest BCUT2D eigenvalue weighted by Gasteiger charge is 2.17. The summed E-state index contributed by atoms with van der Waals surface area (Å²) >= 11 is 1.53. The second-order valence-corrected chi connectivity index (χ2v) is 4.07. The molecule has 0 atom stereocenters. The third-order valence-electron chi connectivity index (χ3n) is 1.95. The first-order chi connectivity index (χ1) is 8.06. The van der Waals surface area contributed by atoms with E-state index in [4.69, 9.17) is 9.84 Å². The summed E-state index contributed by atoms with van der Waals surface area (Å²) in [5.74, 6) is -0.479. The van der Waals surface area contributed by atoms with Gasteiger partial charge in [-0.1, -0.05) is 0 Å². The molecule has 0 radical (unpaired) electrons. The molecule has 0 aliphatic rings. The third kappa shape index (κ3) is 3.63. The molecule has 1 rings (SSSR count). The number of hydrogen-bond donors (Lipinski definition) is 1. The summed E-state index contributed by atoms with van der Waals surface area (Å²) in [5, 5.41) is 19.5. The van der Waals surface area contributed by atoms with E-state index >= 15 is 0 Å². The number of carboxylic acids is 1. The van der Waals surface area contributed by atoms with E-state index < -0.39 is 10.9 Å². The Morgan fingerprint density at radius 1 is 1.59 bits per heavy atom. The smallest absolute Gasteiger partial charge is 0.335 e. The predicted molar refractivity (Wildman–Crippen MR) is 63.9 cm³/mol. The number of nitrogens with zero attached hydrogens (tertiary/aromatic N) is 1. The van der Waals surface area contributed by atoms with Crippen LogP contribution < -0.4 is 4.74 Å². The molecular weight excluding hydrogens is 246 g/mol. The van der Waals surface area contributed by atoms with Gasteiger partial charge in [0.05, 0.1) is 17.1 Å². The molecule has 6 nitrogen and oxygen atoms in total. The van der Waals surface area contributed by atoms with E-state index in [1.807, 2.05) is 6.26 Å². The molecule has 0 saturated carbocycles. The van der Waals surface area contributed by atoms with E-state index in [1.165, 1.54) is 23.9 Å². The summed E-state index contributed by atoms with van der Waals surface area (Å²) in [6, 6.07) is 3.49. The maximum Gasteiger partial charge on any atom is 0.335 e. The molecule has 0 heterocycles. The minimum atomic E-state index is -1.14. The summed E-state index contributed by atoms with van der Waals surface area (Å²) in [6.45, 7) is 0.297. The molecule has 0 bridgehead atoms. The number of nitro benzene ring substituents is 1. The summed E-state index contributed by atoms with van der Waals surface area (Å²) in [5.41, 5.74) is -0.258. The van der Waals surface area contributed by atoms with Crippen LogP contribution in [0.3, 0.4) is 0 Å². The van der Waals surface area contributed by atoms with Gasteiger partial charge in [-0.2, -0.15) is 11.8 Å². The zero-order valence-electron chi connectivity index (χ0n) is 9.08. The van der Waals surface area contributed by atoms with Crippen LogP contribution in [0.4, 0.5) is 5.69 Å². The highest BCUT2D eigenvalue weighted by atomic mass is 32.2. The van der Waals surface area contributed by atoms with Crippen molar-refractivity contribution in [3.05, 3.63) is 33.9 Å². The first-order valence-electron chi connectivity index (χ1n) is 4.69. The Morgan fingerprint density at radius 2 is 2.29 bits per heavy atom. The molecule has 0 spiro atoms. The lowest BCUT2D eigenvalue weighted by atomic mass is 10.2. The molecule has 92 valence electrons. The number of hydrogen-bond acceptors (Lipinski definition) is 5. The lowest BCUT2D eigenvalue weighted by Gasteiger charge is -2.06. The molecule has 1 aromatic rings. The number of nitro groups is 1. The van der Waals surface area contributed by atoms with Gasteiger partial charge in [0.15, 0.2) is 5.75 Å². The van der Waals surface area contributed by atoms with E-state index in [0.717, 1.165) is 6.07 Å². The molecule has 0 fully saturated rings. The van der Waals surface area contributed by atoms with Crippen molar-refractivity contribution in [2.45, 2.75) is 0 Å². The fraction of sp³-hybridized carbons (Fsp3) is 0.300. The van der Waals surface area contributed by atoms with Gasteiger partial charge in [-0.15, -0.1) is 0 Å². The normalized spacial score (nSPS) is 9.94. The quantitative estimate of drug-likeness (QED) is 0.476. The highest BCUT2D eigenvalue weighted by Crippen LogP contribution is 2.28. The van der Waals surface area contributed by atoms with Crippen molar-refractivity contribution >= 4 is 23.4 Å². The van der Waals surface area contributed by atoms with Gasteiger partial charge in [-0.25, -0.2) is 4.79 Å². The van der Waals surface area contributed by atoms with Crippen molar-refractivity contribution in [1.82, 2.24) is 0 Å². The van der Waals surface area contributed by atoms with Crippen molar-refractivity contribution < 1.29 is 19.6 Å². The average Bonchev–Trinajstić information content (AvgIpc) is 2.28. The van der Waals surface area contributed by atoms with Gasteiger partial charge in [-0.3, -0.25) is 10.1 Å². The van der Waals surface area contributed by atoms with Gasteiger partial charge in [0.2, 0.25) is 0 Å². The number of rotatable bonds is 6. The second kappa shape index (κ2) is 6.09. The van der Waals surface area contributed by atoms with Crippen molar-refractivity contribution in [3.8, 4) is 5.75 Å². The second-order valence-electron chi connectivity index (χ2n) is 3.09. The van der Waals surface area contributed by atoms with Crippen molar-refractivity contribution in [3.63, 3.8) is 0 Å². The summed E-state index contributed by atoms with van der Waals surface area (Å²) in [6.07, 6.45) is 1.88. The topological polar surface area (TPSA) is 89.7 Å². The van der Waals surface area contributed by atoms with Gasteiger partial charge in [0.25, 0.3) is 0 Å². The number of ether oxygens (including phenoxy) is 1. The highest BCUT2D eigenvalue weighted by molar-refractivity contribution is 7.98. The molecule has 0 amide bonds. The van der Waals surface area contributed by atoms with Gasteiger partial charge in [0.1, 0.15) is 0 Å². The number of carbonyl (C=O) groups is 1. The Morgan fingerprint density at radius 3 is 2.82 bits per heavy atom. The molecule has 0 saturated heterocycles. The molecule has 7 heteroatoms. The fourth-order valence-electron chi connectivity index (χ4n) is 1.15. The molecule has 0 aliphatic heterocycles. The van der Waals surface area contributed by atoms with Crippen LogP contribution in [-0.4, -0.2) is 34.6 Å². The van der Waals surface area contributed by atoms with Gasteiger partial charge >= 0.3 is 11.7 Å². The number of benzene rings is 1. The third-order valence-corrected chi connectivity index (χ3v) is 2.52. The van der Waals surface area contributed by atoms with Crippen LogP contribution in [0, 0.1) is 10.1 Å². The standard InChI is InChI=1S/C10H11NO5S/c1-17-5-4-16-9-6-7(10(12)13)2-3-8(9)11(14)15/h2-3,6H,4-5H2,1H3,(H,12,13). The zero-order valence-corrected chi connectivity index (χ0v) is 9.90. The number of carboxylic acid groups (broad SMARTS) is 1. The van der Waals surface area contributed by atoms with Crippen molar-refractivity contribution in [2.75, 3.05) is 18.6 Å². The lowest BCUT2D eigenvalue weighted by Crippen LogP contribution is -2.04. The van der Waals surface area contributed by atoms with Crippen LogP contribution in [-0.2, 0) is 0 Å². The van der Waals surface area contributed by atoms with E-state index in [9.17, 15) is 14.9 Å². The van der Waals surface area contributed by atoms with Gasteiger partial charge in [0, 0.05) is 17.9 Å². The van der Waals surface area contributed by atoms with E-state index in [0.29, 0.717) is 12.4 Å². The zero-order chi connectivity index (χ0) is 12.8. The Hall–Kier alpha value is -1.76. The van der Waals surface area contributed by atoms with Crippen LogP contribution in [0.25, 0.3) is 0 Å². The minimum Gasteiger partial charge on any atom is -0.486 e. The van der Waals surface area contributed by atoms with Crippen LogP contribution in [0.5, 0.6) is 5.75 Å². The summed E-state index contributed by atoms with van der Waals surface area (Å²) in [4.78, 5) is 20.8. The number of thioether (sulfide) groups is 1. The molecule has 0 aliphatic carbocycles. The van der Waals surface area contributed by atoms with Crippen LogP contribution in [0.1, 0.15) is 10.4 Å². The van der Waals surface area contributed by atoms with Crippen LogP contribution in [0.15, 0.2) is 18.2 Å². The Bertz CT molecular complexity index is 435. The number of aromatic carboxylic acids is 1.